The molecule has 0 N–H and O–H groups in total. The average Bonchev–Trinajstić information content (AvgIpc) is 2.86. The monoisotopic (exact) mass is 315 g/mol. The summed E-state index contributed by atoms with van der Waals surface area (Å²) in [4.78, 5) is 13.8. The first-order chi connectivity index (χ1) is 10.8. The van der Waals surface area contributed by atoms with Crippen molar-refractivity contribution in [2.75, 3.05) is 19.7 Å². The van der Waals surface area contributed by atoms with Gasteiger partial charge >= 0.3 is 6.09 Å². The Bertz CT molecular complexity index is 595. The second-order valence-corrected chi connectivity index (χ2v) is 7.06. The summed E-state index contributed by atoms with van der Waals surface area (Å²) < 4.78 is 11.3. The molecular weight excluding hydrogens is 290 g/mol. The summed E-state index contributed by atoms with van der Waals surface area (Å²) in [5.41, 5.74) is 0.142. The lowest BCUT2D eigenvalue weighted by Gasteiger charge is -2.26. The van der Waals surface area contributed by atoms with E-state index in [0.29, 0.717) is 19.7 Å². The number of amides is 1. The largest absolute Gasteiger partial charge is 0.444 e. The van der Waals surface area contributed by atoms with Gasteiger partial charge in [0.05, 0.1) is 12.1 Å². The molecule has 1 amide bonds. The van der Waals surface area contributed by atoms with Crippen LogP contribution in [-0.4, -0.2) is 41.9 Å². The SMILES string of the molecule is CC(C)(C)OC(=O)N1CCC(C)(OCC#Cc2ccccc2)C1. The van der Waals surface area contributed by atoms with E-state index in [1.54, 1.807) is 4.90 Å². The minimum atomic E-state index is -0.474. The van der Waals surface area contributed by atoms with E-state index in [1.807, 2.05) is 58.0 Å². The number of hydrogen-bond donors (Lipinski definition) is 0. The van der Waals surface area contributed by atoms with Crippen LogP contribution >= 0.6 is 0 Å². The number of carbonyl (C=O) groups is 1. The summed E-state index contributed by atoms with van der Waals surface area (Å²) in [5.74, 6) is 6.10. The molecule has 124 valence electrons. The van der Waals surface area contributed by atoms with Crippen molar-refractivity contribution >= 4 is 6.09 Å². The van der Waals surface area contributed by atoms with Crippen molar-refractivity contribution in [3.63, 3.8) is 0 Å². The third-order valence-corrected chi connectivity index (χ3v) is 3.59. The van der Waals surface area contributed by atoms with Gasteiger partial charge in [-0.25, -0.2) is 4.79 Å². The number of benzene rings is 1. The van der Waals surface area contributed by atoms with Gasteiger partial charge in [-0.3, -0.25) is 0 Å². The maximum atomic E-state index is 12.1. The first kappa shape index (κ1) is 17.4. The van der Waals surface area contributed by atoms with Crippen LogP contribution in [0.5, 0.6) is 0 Å². The van der Waals surface area contributed by atoms with E-state index in [1.165, 1.54) is 0 Å². The van der Waals surface area contributed by atoms with E-state index in [-0.39, 0.29) is 11.7 Å². The molecule has 23 heavy (non-hydrogen) atoms. The summed E-state index contributed by atoms with van der Waals surface area (Å²) in [5, 5.41) is 0. The summed E-state index contributed by atoms with van der Waals surface area (Å²) in [7, 11) is 0. The van der Waals surface area contributed by atoms with Gasteiger partial charge in [-0.2, -0.15) is 0 Å². The van der Waals surface area contributed by atoms with Crippen LogP contribution in [-0.2, 0) is 9.47 Å². The van der Waals surface area contributed by atoms with Gasteiger partial charge in [0, 0.05) is 12.1 Å². The second-order valence-electron chi connectivity index (χ2n) is 7.06. The fourth-order valence-corrected chi connectivity index (χ4v) is 2.40. The molecule has 2 rings (SSSR count). The van der Waals surface area contributed by atoms with Crippen LogP contribution in [0.2, 0.25) is 0 Å². The average molecular weight is 315 g/mol. The molecule has 1 unspecified atom stereocenters. The third kappa shape index (κ3) is 5.61. The quantitative estimate of drug-likeness (QED) is 0.785. The van der Waals surface area contributed by atoms with Crippen molar-refractivity contribution in [1.82, 2.24) is 4.90 Å². The standard InChI is InChI=1S/C19H25NO3/c1-18(2,3)23-17(21)20-13-12-19(4,15-20)22-14-8-11-16-9-6-5-7-10-16/h5-7,9-10H,12-15H2,1-4H3. The van der Waals surface area contributed by atoms with Gasteiger partial charge in [0.25, 0.3) is 0 Å². The van der Waals surface area contributed by atoms with Crippen LogP contribution < -0.4 is 0 Å². The summed E-state index contributed by atoms with van der Waals surface area (Å²) in [6, 6.07) is 9.82. The van der Waals surface area contributed by atoms with Crippen molar-refractivity contribution in [2.45, 2.75) is 45.3 Å². The topological polar surface area (TPSA) is 38.8 Å². The zero-order valence-electron chi connectivity index (χ0n) is 14.4. The summed E-state index contributed by atoms with van der Waals surface area (Å²) in [6.45, 7) is 9.17. The van der Waals surface area contributed by atoms with Gasteiger partial charge in [-0.05, 0) is 46.2 Å². The first-order valence-corrected chi connectivity index (χ1v) is 7.93. The highest BCUT2D eigenvalue weighted by molar-refractivity contribution is 5.68. The summed E-state index contributed by atoms with van der Waals surface area (Å²) >= 11 is 0. The molecule has 0 aliphatic carbocycles. The van der Waals surface area contributed by atoms with Crippen molar-refractivity contribution in [1.29, 1.82) is 0 Å². The van der Waals surface area contributed by atoms with E-state index >= 15 is 0 Å². The molecule has 4 heteroatoms. The molecule has 1 atom stereocenters. The zero-order chi connectivity index (χ0) is 16.9. The van der Waals surface area contributed by atoms with Crippen molar-refractivity contribution in [2.24, 2.45) is 0 Å². The van der Waals surface area contributed by atoms with Gasteiger partial charge in [-0.1, -0.05) is 30.0 Å². The van der Waals surface area contributed by atoms with E-state index in [9.17, 15) is 4.79 Å². The fourth-order valence-electron chi connectivity index (χ4n) is 2.40. The number of carbonyl (C=O) groups excluding carboxylic acids is 1. The first-order valence-electron chi connectivity index (χ1n) is 7.93. The number of likely N-dealkylation sites (tertiary alicyclic amines) is 1. The van der Waals surface area contributed by atoms with Crippen LogP contribution in [0.3, 0.4) is 0 Å². The van der Waals surface area contributed by atoms with Crippen LogP contribution in [0, 0.1) is 11.8 Å². The molecule has 1 saturated heterocycles. The Kier molecular flexibility index (Phi) is 5.33. The predicted molar refractivity (Wildman–Crippen MR) is 90.1 cm³/mol. The van der Waals surface area contributed by atoms with Crippen molar-refractivity contribution < 1.29 is 14.3 Å². The third-order valence-electron chi connectivity index (χ3n) is 3.59. The van der Waals surface area contributed by atoms with Crippen molar-refractivity contribution in [3.8, 4) is 11.8 Å². The molecular formula is C19H25NO3. The van der Waals surface area contributed by atoms with Crippen LogP contribution in [0.15, 0.2) is 30.3 Å². The van der Waals surface area contributed by atoms with E-state index in [2.05, 4.69) is 11.8 Å². The highest BCUT2D eigenvalue weighted by atomic mass is 16.6. The highest BCUT2D eigenvalue weighted by Gasteiger charge is 2.38. The maximum absolute atomic E-state index is 12.1. The molecule has 0 spiro atoms. The van der Waals surface area contributed by atoms with E-state index in [0.717, 1.165) is 12.0 Å². The molecule has 1 aliphatic rings. The molecule has 4 nitrogen and oxygen atoms in total. The lowest BCUT2D eigenvalue weighted by atomic mass is 10.1. The zero-order valence-corrected chi connectivity index (χ0v) is 14.4. The van der Waals surface area contributed by atoms with Gasteiger partial charge in [0.2, 0.25) is 0 Å². The summed E-state index contributed by atoms with van der Waals surface area (Å²) in [6.07, 6.45) is 0.513. The lowest BCUT2D eigenvalue weighted by molar-refractivity contribution is -0.0117. The Labute approximate surface area is 138 Å². The number of rotatable bonds is 2. The fraction of sp³-hybridized carbons (Fsp3) is 0.526. The van der Waals surface area contributed by atoms with E-state index in [4.69, 9.17) is 9.47 Å². The molecule has 1 aromatic rings. The van der Waals surface area contributed by atoms with Gasteiger partial charge in [0.1, 0.15) is 12.2 Å². The molecule has 1 aliphatic heterocycles. The van der Waals surface area contributed by atoms with Gasteiger partial charge in [0.15, 0.2) is 0 Å². The molecule has 0 bridgehead atoms. The Morgan fingerprint density at radius 3 is 2.65 bits per heavy atom. The van der Waals surface area contributed by atoms with Crippen LogP contribution in [0.1, 0.15) is 39.7 Å². The van der Waals surface area contributed by atoms with Crippen LogP contribution in [0.4, 0.5) is 4.79 Å². The molecule has 0 saturated carbocycles. The number of hydrogen-bond acceptors (Lipinski definition) is 3. The minimum absolute atomic E-state index is 0.278. The molecule has 1 aromatic carbocycles. The number of ether oxygens (including phenoxy) is 2. The van der Waals surface area contributed by atoms with Gasteiger partial charge in [-0.15, -0.1) is 0 Å². The molecule has 1 fully saturated rings. The van der Waals surface area contributed by atoms with Gasteiger partial charge < -0.3 is 14.4 Å². The Hall–Kier alpha value is -1.99. The number of nitrogens with zero attached hydrogens (tertiary/aromatic N) is 1. The highest BCUT2D eigenvalue weighted by Crippen LogP contribution is 2.26. The lowest BCUT2D eigenvalue weighted by Crippen LogP contribution is -2.39. The maximum Gasteiger partial charge on any atom is 0.410 e. The smallest absolute Gasteiger partial charge is 0.410 e. The normalized spacial score (nSPS) is 20.8. The van der Waals surface area contributed by atoms with Crippen molar-refractivity contribution in [3.05, 3.63) is 35.9 Å². The predicted octanol–water partition coefficient (Wildman–Crippen LogP) is 3.45. The Balaban J connectivity index is 1.82. The molecule has 0 radical (unpaired) electrons. The Morgan fingerprint density at radius 1 is 1.30 bits per heavy atom. The van der Waals surface area contributed by atoms with Crippen LogP contribution in [0.25, 0.3) is 0 Å². The molecule has 1 heterocycles. The molecule has 0 aromatic heterocycles. The Morgan fingerprint density at radius 2 is 2.00 bits per heavy atom. The minimum Gasteiger partial charge on any atom is -0.444 e. The second kappa shape index (κ2) is 7.06. The van der Waals surface area contributed by atoms with E-state index < -0.39 is 5.60 Å².